The van der Waals surface area contributed by atoms with E-state index in [4.69, 9.17) is 16.3 Å². The fourth-order valence-electron chi connectivity index (χ4n) is 1.55. The van der Waals surface area contributed by atoms with E-state index in [1.54, 1.807) is 5.32 Å². The van der Waals surface area contributed by atoms with Gasteiger partial charge in [-0.1, -0.05) is 17.7 Å². The number of alkyl halides is 3. The zero-order chi connectivity index (χ0) is 19.2. The average Bonchev–Trinajstić information content (AvgIpc) is 2.52. The standard InChI is InChI=1S/C15H13ClF3NO5/c1-8(13(22)20-14(23)24-2)25-12(21)6-4-9-3-5-11(16)10(7-9)15(17,18)19/h3-8H,1-2H3,(H,20,22,23)/b6-4+/t8-/m0/s1. The van der Waals surface area contributed by atoms with Gasteiger partial charge < -0.3 is 9.47 Å². The summed E-state index contributed by atoms with van der Waals surface area (Å²) in [6.07, 6.45) is -5.07. The lowest BCUT2D eigenvalue weighted by Crippen LogP contribution is -2.39. The molecule has 1 rings (SSSR count). The molecule has 0 aliphatic carbocycles. The van der Waals surface area contributed by atoms with Crippen LogP contribution in [0.2, 0.25) is 5.02 Å². The van der Waals surface area contributed by atoms with Crippen molar-refractivity contribution >= 4 is 35.6 Å². The third-order valence-corrected chi connectivity index (χ3v) is 3.11. The molecule has 136 valence electrons. The number of benzene rings is 1. The Morgan fingerprint density at radius 2 is 1.92 bits per heavy atom. The van der Waals surface area contributed by atoms with Gasteiger partial charge >= 0.3 is 18.2 Å². The summed E-state index contributed by atoms with van der Waals surface area (Å²) in [4.78, 5) is 33.9. The van der Waals surface area contributed by atoms with Gasteiger partial charge in [-0.15, -0.1) is 0 Å². The molecule has 10 heteroatoms. The van der Waals surface area contributed by atoms with Crippen molar-refractivity contribution in [3.8, 4) is 0 Å². The van der Waals surface area contributed by atoms with E-state index >= 15 is 0 Å². The molecule has 0 spiro atoms. The van der Waals surface area contributed by atoms with Gasteiger partial charge in [0.05, 0.1) is 17.7 Å². The molecule has 0 unspecified atom stereocenters. The van der Waals surface area contributed by atoms with Crippen molar-refractivity contribution in [2.24, 2.45) is 0 Å². The highest BCUT2D eigenvalue weighted by Crippen LogP contribution is 2.35. The van der Waals surface area contributed by atoms with E-state index in [-0.39, 0.29) is 5.56 Å². The Balaban J connectivity index is 2.74. The first kappa shape index (κ1) is 20.5. The molecule has 1 aromatic carbocycles. The van der Waals surface area contributed by atoms with E-state index in [1.807, 2.05) is 0 Å². The van der Waals surface area contributed by atoms with Crippen molar-refractivity contribution in [1.82, 2.24) is 5.32 Å². The second-order valence-corrected chi connectivity index (χ2v) is 5.04. The number of amides is 2. The molecule has 25 heavy (non-hydrogen) atoms. The predicted molar refractivity (Wildman–Crippen MR) is 81.6 cm³/mol. The van der Waals surface area contributed by atoms with E-state index in [2.05, 4.69) is 4.74 Å². The molecule has 0 aliphatic heterocycles. The van der Waals surface area contributed by atoms with Crippen molar-refractivity contribution in [2.75, 3.05) is 7.11 Å². The van der Waals surface area contributed by atoms with E-state index in [0.717, 1.165) is 31.4 Å². The molecule has 6 nitrogen and oxygen atoms in total. The summed E-state index contributed by atoms with van der Waals surface area (Å²) in [5.41, 5.74) is -0.990. The van der Waals surface area contributed by atoms with Crippen LogP contribution in [-0.4, -0.2) is 31.2 Å². The van der Waals surface area contributed by atoms with Crippen LogP contribution in [0, 0.1) is 0 Å². The second-order valence-electron chi connectivity index (χ2n) is 4.63. The van der Waals surface area contributed by atoms with Crippen LogP contribution in [0.5, 0.6) is 0 Å². The van der Waals surface area contributed by atoms with E-state index < -0.39 is 40.8 Å². The summed E-state index contributed by atoms with van der Waals surface area (Å²) >= 11 is 5.48. The highest BCUT2D eigenvalue weighted by Gasteiger charge is 2.33. The van der Waals surface area contributed by atoms with Crippen molar-refractivity contribution < 1.29 is 37.0 Å². The molecule has 0 bridgehead atoms. The monoisotopic (exact) mass is 379 g/mol. The Labute approximate surface area is 145 Å². The minimum atomic E-state index is -4.64. The molecule has 1 N–H and O–H groups in total. The predicted octanol–water partition coefficient (Wildman–Crippen LogP) is 3.19. The maximum atomic E-state index is 12.7. The number of halogens is 4. The first-order chi connectivity index (χ1) is 11.5. The summed E-state index contributed by atoms with van der Waals surface area (Å²) in [5.74, 6) is -1.91. The Morgan fingerprint density at radius 3 is 2.48 bits per heavy atom. The molecule has 0 aromatic heterocycles. The third kappa shape index (κ3) is 6.46. The topological polar surface area (TPSA) is 81.7 Å². The van der Waals surface area contributed by atoms with Crippen LogP contribution in [0.4, 0.5) is 18.0 Å². The summed E-state index contributed by atoms with van der Waals surface area (Å²) in [6, 6.07) is 3.08. The van der Waals surface area contributed by atoms with E-state index in [1.165, 1.54) is 13.0 Å². The quantitative estimate of drug-likeness (QED) is 0.642. The normalized spacial score (nSPS) is 12.6. The van der Waals surface area contributed by atoms with Crippen LogP contribution < -0.4 is 5.32 Å². The molecular weight excluding hydrogens is 367 g/mol. The average molecular weight is 380 g/mol. The first-order valence-corrected chi connectivity index (χ1v) is 7.06. The number of rotatable bonds is 4. The van der Waals surface area contributed by atoms with Crippen molar-refractivity contribution in [2.45, 2.75) is 19.2 Å². The van der Waals surface area contributed by atoms with Gasteiger partial charge in [0.25, 0.3) is 5.91 Å². The van der Waals surface area contributed by atoms with Gasteiger partial charge in [0.2, 0.25) is 0 Å². The lowest BCUT2D eigenvalue weighted by molar-refractivity contribution is -0.149. The number of carbonyl (C=O) groups excluding carboxylic acids is 3. The van der Waals surface area contributed by atoms with Gasteiger partial charge in [-0.3, -0.25) is 10.1 Å². The Hall–Kier alpha value is -2.55. The van der Waals surface area contributed by atoms with Gasteiger partial charge in [-0.25, -0.2) is 9.59 Å². The summed E-state index contributed by atoms with van der Waals surface area (Å²) < 4.78 is 47.1. The van der Waals surface area contributed by atoms with Gasteiger partial charge in [0.15, 0.2) is 6.10 Å². The molecule has 0 fully saturated rings. The van der Waals surface area contributed by atoms with Gasteiger partial charge in [0.1, 0.15) is 0 Å². The van der Waals surface area contributed by atoms with Gasteiger partial charge in [-0.05, 0) is 30.7 Å². The van der Waals surface area contributed by atoms with Crippen LogP contribution in [0.1, 0.15) is 18.1 Å². The summed E-state index contributed by atoms with van der Waals surface area (Å²) in [7, 11) is 1.04. The van der Waals surface area contributed by atoms with Gasteiger partial charge in [0, 0.05) is 6.08 Å². The van der Waals surface area contributed by atoms with Crippen molar-refractivity contribution in [3.05, 3.63) is 40.4 Å². The SMILES string of the molecule is COC(=O)NC(=O)[C@H](C)OC(=O)/C=C/c1ccc(Cl)c(C(F)(F)F)c1. The number of methoxy groups -OCH3 is 1. The van der Waals surface area contributed by atoms with Crippen molar-refractivity contribution in [1.29, 1.82) is 0 Å². The summed E-state index contributed by atoms with van der Waals surface area (Å²) in [5, 5.41) is 1.33. The van der Waals surface area contributed by atoms with E-state index in [0.29, 0.717) is 0 Å². The Bertz CT molecular complexity index is 703. The molecule has 2 amide bonds. The fraction of sp³-hybridized carbons (Fsp3) is 0.267. The Morgan fingerprint density at radius 1 is 1.28 bits per heavy atom. The van der Waals surface area contributed by atoms with Gasteiger partial charge in [-0.2, -0.15) is 13.2 Å². The zero-order valence-electron chi connectivity index (χ0n) is 13.0. The maximum absolute atomic E-state index is 12.7. The minimum absolute atomic E-state index is 0.0559. The number of hydrogen-bond donors (Lipinski definition) is 1. The number of hydrogen-bond acceptors (Lipinski definition) is 5. The third-order valence-electron chi connectivity index (χ3n) is 2.78. The number of alkyl carbamates (subject to hydrolysis) is 1. The highest BCUT2D eigenvalue weighted by molar-refractivity contribution is 6.31. The van der Waals surface area contributed by atoms with Crippen LogP contribution in [0.3, 0.4) is 0 Å². The smallest absolute Gasteiger partial charge is 0.417 e. The number of ether oxygens (including phenoxy) is 2. The second kappa shape index (κ2) is 8.52. The molecule has 1 aromatic rings. The number of carbonyl (C=O) groups is 3. The van der Waals surface area contributed by atoms with E-state index in [9.17, 15) is 27.6 Å². The molecule has 1 atom stereocenters. The lowest BCUT2D eigenvalue weighted by Gasteiger charge is -2.11. The fourth-order valence-corrected chi connectivity index (χ4v) is 1.77. The minimum Gasteiger partial charge on any atom is -0.453 e. The number of esters is 1. The van der Waals surface area contributed by atoms with Crippen molar-refractivity contribution in [3.63, 3.8) is 0 Å². The molecule has 0 saturated heterocycles. The zero-order valence-corrected chi connectivity index (χ0v) is 13.8. The summed E-state index contributed by atoms with van der Waals surface area (Å²) in [6.45, 7) is 1.20. The largest absolute Gasteiger partial charge is 0.453 e. The maximum Gasteiger partial charge on any atom is 0.417 e. The van der Waals surface area contributed by atoms with Crippen LogP contribution >= 0.6 is 11.6 Å². The number of nitrogens with one attached hydrogen (secondary N) is 1. The molecule has 0 aliphatic rings. The molecule has 0 saturated carbocycles. The Kier molecular flexibility index (Phi) is 6.98. The number of imide groups is 1. The molecule has 0 heterocycles. The lowest BCUT2D eigenvalue weighted by atomic mass is 10.1. The van der Waals surface area contributed by atoms with Crippen LogP contribution in [0.15, 0.2) is 24.3 Å². The van der Waals surface area contributed by atoms with Crippen LogP contribution in [0.25, 0.3) is 6.08 Å². The highest BCUT2D eigenvalue weighted by atomic mass is 35.5. The molecular formula is C15H13ClF3NO5. The molecule has 0 radical (unpaired) electrons. The first-order valence-electron chi connectivity index (χ1n) is 6.69. The van der Waals surface area contributed by atoms with Crippen LogP contribution in [-0.2, 0) is 25.2 Å².